The van der Waals surface area contributed by atoms with Crippen molar-refractivity contribution < 1.29 is 0 Å². The fraction of sp³-hybridized carbons (Fsp3) is 0.417. The van der Waals surface area contributed by atoms with Gasteiger partial charge in [-0.3, -0.25) is 5.10 Å². The minimum atomic E-state index is 1.09. The van der Waals surface area contributed by atoms with E-state index in [0.717, 1.165) is 11.2 Å². The van der Waals surface area contributed by atoms with Crippen LogP contribution in [-0.4, -0.2) is 10.2 Å². The standard InChI is InChI=1S/C9H10N2.C3H8/c1-6-4-3-5-8-7(2)10-11-9(6)8;1-3-2/h3-5H,1-2H3,(H,10,11);3H2,1-2H3. The van der Waals surface area contributed by atoms with E-state index in [2.05, 4.69) is 49.2 Å². The lowest BCUT2D eigenvalue weighted by Crippen LogP contribution is -1.74. The summed E-state index contributed by atoms with van der Waals surface area (Å²) >= 11 is 0. The van der Waals surface area contributed by atoms with Gasteiger partial charge < -0.3 is 0 Å². The molecular formula is C12H18N2. The highest BCUT2D eigenvalue weighted by Gasteiger charge is 2.01. The molecule has 0 fully saturated rings. The Balaban J connectivity index is 0.000000293. The molecule has 0 aliphatic carbocycles. The number of benzene rings is 1. The van der Waals surface area contributed by atoms with E-state index >= 15 is 0 Å². The Hall–Kier alpha value is -1.31. The molecule has 0 radical (unpaired) electrons. The maximum atomic E-state index is 4.19. The molecular weight excluding hydrogens is 172 g/mol. The quantitative estimate of drug-likeness (QED) is 0.675. The van der Waals surface area contributed by atoms with Crippen molar-refractivity contribution in [2.24, 2.45) is 0 Å². The van der Waals surface area contributed by atoms with Gasteiger partial charge in [-0.15, -0.1) is 0 Å². The second-order valence-electron chi connectivity index (χ2n) is 3.53. The van der Waals surface area contributed by atoms with Crippen LogP contribution >= 0.6 is 0 Å². The Kier molecular flexibility index (Phi) is 3.69. The molecule has 0 saturated carbocycles. The van der Waals surface area contributed by atoms with Gasteiger partial charge in [-0.1, -0.05) is 38.5 Å². The van der Waals surface area contributed by atoms with Crippen molar-refractivity contribution in [1.82, 2.24) is 10.2 Å². The zero-order chi connectivity index (χ0) is 10.6. The van der Waals surface area contributed by atoms with Gasteiger partial charge in [-0.05, 0) is 19.4 Å². The Morgan fingerprint density at radius 2 is 1.86 bits per heavy atom. The Morgan fingerprint density at radius 3 is 2.43 bits per heavy atom. The lowest BCUT2D eigenvalue weighted by atomic mass is 10.1. The molecule has 0 saturated heterocycles. The highest BCUT2D eigenvalue weighted by molar-refractivity contribution is 5.83. The maximum Gasteiger partial charge on any atom is 0.0952 e. The molecule has 14 heavy (non-hydrogen) atoms. The molecule has 2 rings (SSSR count). The van der Waals surface area contributed by atoms with Crippen molar-refractivity contribution in [3.05, 3.63) is 29.5 Å². The number of fused-ring (bicyclic) bond motifs is 1. The first-order chi connectivity index (χ1) is 6.70. The lowest BCUT2D eigenvalue weighted by molar-refractivity contribution is 1.06. The van der Waals surface area contributed by atoms with Gasteiger partial charge in [-0.2, -0.15) is 5.10 Å². The number of para-hydroxylation sites is 1. The molecule has 1 N–H and O–H groups in total. The van der Waals surface area contributed by atoms with Crippen LogP contribution in [-0.2, 0) is 0 Å². The number of aromatic nitrogens is 2. The summed E-state index contributed by atoms with van der Waals surface area (Å²) in [6, 6.07) is 6.21. The third-order valence-electron chi connectivity index (χ3n) is 1.98. The summed E-state index contributed by atoms with van der Waals surface area (Å²) in [5.41, 5.74) is 3.46. The van der Waals surface area contributed by atoms with Crippen LogP contribution in [0.25, 0.3) is 10.9 Å². The Labute approximate surface area is 85.3 Å². The fourth-order valence-corrected chi connectivity index (χ4v) is 1.31. The normalized spacial score (nSPS) is 9.71. The van der Waals surface area contributed by atoms with E-state index in [0.29, 0.717) is 0 Å². The van der Waals surface area contributed by atoms with E-state index in [-0.39, 0.29) is 0 Å². The van der Waals surface area contributed by atoms with E-state index in [1.807, 2.05) is 6.92 Å². The van der Waals surface area contributed by atoms with Crippen LogP contribution in [0.5, 0.6) is 0 Å². The Bertz CT molecular complexity index is 402. The summed E-state index contributed by atoms with van der Waals surface area (Å²) in [4.78, 5) is 0. The predicted molar refractivity (Wildman–Crippen MR) is 61.5 cm³/mol. The van der Waals surface area contributed by atoms with Crippen molar-refractivity contribution in [1.29, 1.82) is 0 Å². The predicted octanol–water partition coefficient (Wildman–Crippen LogP) is 3.60. The summed E-state index contributed by atoms with van der Waals surface area (Å²) in [6.45, 7) is 8.36. The number of nitrogens with zero attached hydrogens (tertiary/aromatic N) is 1. The average Bonchev–Trinajstić information content (AvgIpc) is 2.51. The molecule has 1 heterocycles. The second-order valence-corrected chi connectivity index (χ2v) is 3.53. The van der Waals surface area contributed by atoms with Crippen LogP contribution in [0, 0.1) is 13.8 Å². The molecule has 0 amide bonds. The van der Waals surface area contributed by atoms with Gasteiger partial charge in [0.15, 0.2) is 0 Å². The lowest BCUT2D eigenvalue weighted by Gasteiger charge is -1.91. The van der Waals surface area contributed by atoms with Crippen molar-refractivity contribution in [2.45, 2.75) is 34.1 Å². The van der Waals surface area contributed by atoms with Gasteiger partial charge in [0.1, 0.15) is 0 Å². The molecule has 1 aromatic carbocycles. The number of H-pyrrole nitrogens is 1. The van der Waals surface area contributed by atoms with Crippen molar-refractivity contribution in [3.63, 3.8) is 0 Å². The van der Waals surface area contributed by atoms with Crippen LogP contribution in [0.2, 0.25) is 0 Å². The molecule has 2 nitrogen and oxygen atoms in total. The van der Waals surface area contributed by atoms with E-state index in [4.69, 9.17) is 0 Å². The molecule has 0 bridgehead atoms. The van der Waals surface area contributed by atoms with Gasteiger partial charge >= 0.3 is 0 Å². The molecule has 76 valence electrons. The third kappa shape index (κ3) is 2.13. The maximum absolute atomic E-state index is 4.19. The highest BCUT2D eigenvalue weighted by Crippen LogP contribution is 2.17. The number of rotatable bonds is 0. The van der Waals surface area contributed by atoms with Crippen LogP contribution in [0.3, 0.4) is 0 Å². The first-order valence-corrected chi connectivity index (χ1v) is 5.11. The highest BCUT2D eigenvalue weighted by atomic mass is 15.1. The third-order valence-corrected chi connectivity index (χ3v) is 1.98. The minimum Gasteiger partial charge on any atom is -0.282 e. The van der Waals surface area contributed by atoms with Gasteiger partial charge in [0.25, 0.3) is 0 Å². The van der Waals surface area contributed by atoms with Crippen LogP contribution in [0.4, 0.5) is 0 Å². The smallest absolute Gasteiger partial charge is 0.0952 e. The summed E-state index contributed by atoms with van der Waals surface area (Å²) in [7, 11) is 0. The van der Waals surface area contributed by atoms with Crippen LogP contribution in [0.1, 0.15) is 31.5 Å². The fourth-order valence-electron chi connectivity index (χ4n) is 1.31. The molecule has 0 aliphatic heterocycles. The van der Waals surface area contributed by atoms with Crippen molar-refractivity contribution in [3.8, 4) is 0 Å². The monoisotopic (exact) mass is 190 g/mol. The van der Waals surface area contributed by atoms with Crippen molar-refractivity contribution >= 4 is 10.9 Å². The molecule has 0 unspecified atom stereocenters. The van der Waals surface area contributed by atoms with E-state index in [9.17, 15) is 0 Å². The van der Waals surface area contributed by atoms with Gasteiger partial charge in [0.05, 0.1) is 5.52 Å². The molecule has 2 aromatic rings. The van der Waals surface area contributed by atoms with E-state index < -0.39 is 0 Å². The summed E-state index contributed by atoms with van der Waals surface area (Å²) in [6.07, 6.45) is 1.25. The summed E-state index contributed by atoms with van der Waals surface area (Å²) in [5.74, 6) is 0. The largest absolute Gasteiger partial charge is 0.282 e. The summed E-state index contributed by atoms with van der Waals surface area (Å²) in [5, 5.41) is 8.39. The molecule has 0 spiro atoms. The van der Waals surface area contributed by atoms with E-state index in [1.54, 1.807) is 0 Å². The number of hydrogen-bond donors (Lipinski definition) is 1. The average molecular weight is 190 g/mol. The van der Waals surface area contributed by atoms with Gasteiger partial charge in [-0.25, -0.2) is 0 Å². The molecule has 1 aromatic heterocycles. The van der Waals surface area contributed by atoms with Crippen LogP contribution in [0.15, 0.2) is 18.2 Å². The number of nitrogens with one attached hydrogen (secondary N) is 1. The minimum absolute atomic E-state index is 1.09. The second kappa shape index (κ2) is 4.80. The zero-order valence-electron chi connectivity index (χ0n) is 9.39. The molecule has 0 atom stereocenters. The summed E-state index contributed by atoms with van der Waals surface area (Å²) < 4.78 is 0. The Morgan fingerprint density at radius 1 is 1.21 bits per heavy atom. The van der Waals surface area contributed by atoms with Gasteiger partial charge in [0, 0.05) is 11.1 Å². The molecule has 0 aliphatic rings. The topological polar surface area (TPSA) is 28.7 Å². The number of aromatic amines is 1. The van der Waals surface area contributed by atoms with E-state index in [1.165, 1.54) is 17.4 Å². The SMILES string of the molecule is CCC.Cc1[nH]nc2c(C)cccc12. The molecule has 2 heteroatoms. The van der Waals surface area contributed by atoms with Gasteiger partial charge in [0.2, 0.25) is 0 Å². The first kappa shape index (κ1) is 10.8. The first-order valence-electron chi connectivity index (χ1n) is 5.11. The van der Waals surface area contributed by atoms with Crippen molar-refractivity contribution in [2.75, 3.05) is 0 Å². The zero-order valence-corrected chi connectivity index (χ0v) is 9.39. The van der Waals surface area contributed by atoms with Crippen LogP contribution < -0.4 is 0 Å². The number of hydrogen-bond acceptors (Lipinski definition) is 1. The number of aryl methyl sites for hydroxylation is 2.